The van der Waals surface area contributed by atoms with Crippen molar-refractivity contribution in [3.05, 3.63) is 65.1 Å². The standard InChI is InChI=1S/C28H28N8O3/c37-24-18-39-22-11-12-23-31-26(22)34(24)15-5-2-6-16-35-27(38)21-17-29-28(32-25(21)36(23)35)30-19-7-9-20(10-8-19)33-13-3-1-4-14-33/h2,6-12,17H,1,3-5,13-16,18H2,(H,29,30,32). The first-order chi connectivity index (χ1) is 19.2. The molecule has 3 aliphatic heterocycles. The lowest BCUT2D eigenvalue weighted by Gasteiger charge is -2.28. The average Bonchev–Trinajstić information content (AvgIpc) is 3.23. The lowest BCUT2D eigenvalue weighted by Crippen LogP contribution is -2.40. The maximum absolute atomic E-state index is 13.4. The van der Waals surface area contributed by atoms with Crippen molar-refractivity contribution in [3.63, 3.8) is 0 Å². The van der Waals surface area contributed by atoms with E-state index < -0.39 is 0 Å². The monoisotopic (exact) mass is 524 g/mol. The SMILES string of the molecule is O=C1COc2ccc3nc2N1CCC=CCn1c(=O)c2cnc(Nc4ccc(N5CCCCC5)cc4)nc2n1-3. The van der Waals surface area contributed by atoms with Crippen molar-refractivity contribution in [2.45, 2.75) is 32.2 Å². The van der Waals surface area contributed by atoms with Gasteiger partial charge in [-0.05, 0) is 62.1 Å². The van der Waals surface area contributed by atoms with Crippen LogP contribution >= 0.6 is 0 Å². The van der Waals surface area contributed by atoms with E-state index >= 15 is 0 Å². The third kappa shape index (κ3) is 4.19. The number of anilines is 4. The summed E-state index contributed by atoms with van der Waals surface area (Å²) in [6.07, 6.45) is 9.83. The van der Waals surface area contributed by atoms with Crippen molar-refractivity contribution in [1.82, 2.24) is 24.3 Å². The largest absolute Gasteiger partial charge is 0.480 e. The Morgan fingerprint density at radius 2 is 1.74 bits per heavy atom. The van der Waals surface area contributed by atoms with E-state index in [2.05, 4.69) is 27.3 Å². The van der Waals surface area contributed by atoms with Gasteiger partial charge >= 0.3 is 0 Å². The van der Waals surface area contributed by atoms with Crippen LogP contribution in [0.1, 0.15) is 25.7 Å². The fourth-order valence-corrected chi connectivity index (χ4v) is 5.43. The van der Waals surface area contributed by atoms with Gasteiger partial charge in [0, 0.05) is 37.2 Å². The normalized spacial score (nSPS) is 17.0. The lowest BCUT2D eigenvalue weighted by molar-refractivity contribution is -0.121. The van der Waals surface area contributed by atoms with Crippen molar-refractivity contribution in [3.8, 4) is 11.6 Å². The number of pyridine rings is 1. The number of nitrogens with zero attached hydrogens (tertiary/aromatic N) is 7. The fourth-order valence-electron chi connectivity index (χ4n) is 5.43. The number of amides is 1. The number of benzene rings is 1. The third-order valence-corrected chi connectivity index (χ3v) is 7.43. The topological polar surface area (TPSA) is 110 Å². The minimum Gasteiger partial charge on any atom is -0.480 e. The Morgan fingerprint density at radius 1 is 0.897 bits per heavy atom. The summed E-state index contributed by atoms with van der Waals surface area (Å²) in [7, 11) is 0. The van der Waals surface area contributed by atoms with Gasteiger partial charge in [0.25, 0.3) is 11.5 Å². The Hall–Kier alpha value is -4.67. The van der Waals surface area contributed by atoms with Crippen LogP contribution in [-0.2, 0) is 11.3 Å². The molecule has 0 saturated carbocycles. The molecule has 11 nitrogen and oxygen atoms in total. The number of fused-ring (bicyclic) bond motifs is 5. The molecule has 1 aromatic carbocycles. The van der Waals surface area contributed by atoms with Crippen LogP contribution in [0.5, 0.6) is 5.75 Å². The molecular weight excluding hydrogens is 496 g/mol. The Balaban J connectivity index is 1.28. The number of ether oxygens (including phenoxy) is 1. The van der Waals surface area contributed by atoms with Gasteiger partial charge in [0.15, 0.2) is 29.6 Å². The molecule has 39 heavy (non-hydrogen) atoms. The molecule has 2 bridgehead atoms. The molecule has 1 saturated heterocycles. The van der Waals surface area contributed by atoms with Crippen LogP contribution in [-0.4, -0.2) is 56.5 Å². The first kappa shape index (κ1) is 23.4. The van der Waals surface area contributed by atoms with Gasteiger partial charge in [0.2, 0.25) is 5.95 Å². The number of hydrogen-bond acceptors (Lipinski definition) is 8. The van der Waals surface area contributed by atoms with Gasteiger partial charge in [-0.25, -0.2) is 19.3 Å². The predicted molar refractivity (Wildman–Crippen MR) is 148 cm³/mol. The summed E-state index contributed by atoms with van der Waals surface area (Å²) < 4.78 is 8.90. The van der Waals surface area contributed by atoms with E-state index in [0.29, 0.717) is 53.9 Å². The fraction of sp³-hybridized carbons (Fsp3) is 0.321. The molecule has 3 aromatic heterocycles. The van der Waals surface area contributed by atoms with Crippen LogP contribution in [0, 0.1) is 0 Å². The van der Waals surface area contributed by atoms with Crippen LogP contribution in [0.25, 0.3) is 16.9 Å². The molecule has 1 fully saturated rings. The van der Waals surface area contributed by atoms with Crippen LogP contribution in [0.2, 0.25) is 0 Å². The summed E-state index contributed by atoms with van der Waals surface area (Å²) in [6.45, 7) is 2.98. The second-order valence-corrected chi connectivity index (χ2v) is 9.93. The molecule has 0 atom stereocenters. The molecule has 1 N–H and O–H groups in total. The molecular formula is C28H28N8O3. The smallest absolute Gasteiger partial charge is 0.278 e. The van der Waals surface area contributed by atoms with Crippen molar-refractivity contribution in [1.29, 1.82) is 0 Å². The number of nitrogens with one attached hydrogen (secondary N) is 1. The molecule has 6 heterocycles. The zero-order chi connectivity index (χ0) is 26.3. The number of aromatic nitrogens is 5. The second kappa shape index (κ2) is 9.57. The van der Waals surface area contributed by atoms with Gasteiger partial charge in [0.05, 0.1) is 6.54 Å². The van der Waals surface area contributed by atoms with Crippen LogP contribution in [0.3, 0.4) is 0 Å². The van der Waals surface area contributed by atoms with Gasteiger partial charge in [-0.1, -0.05) is 12.2 Å². The molecule has 7 rings (SSSR count). The number of rotatable bonds is 3. The molecule has 11 heteroatoms. The Bertz CT molecular complexity index is 1650. The zero-order valence-electron chi connectivity index (χ0n) is 21.4. The van der Waals surface area contributed by atoms with Crippen molar-refractivity contribution in [2.24, 2.45) is 0 Å². The van der Waals surface area contributed by atoms with E-state index in [-0.39, 0.29) is 18.1 Å². The van der Waals surface area contributed by atoms with Gasteiger partial charge in [0.1, 0.15) is 5.39 Å². The molecule has 4 aromatic rings. The van der Waals surface area contributed by atoms with Crippen molar-refractivity contribution < 1.29 is 9.53 Å². The van der Waals surface area contributed by atoms with Gasteiger partial charge in [-0.3, -0.25) is 14.5 Å². The van der Waals surface area contributed by atoms with E-state index in [4.69, 9.17) is 14.7 Å². The highest BCUT2D eigenvalue weighted by molar-refractivity contribution is 5.96. The number of piperidine rings is 1. The van der Waals surface area contributed by atoms with E-state index in [1.54, 1.807) is 32.6 Å². The Kier molecular flexibility index (Phi) is 5.75. The highest BCUT2D eigenvalue weighted by atomic mass is 16.5. The summed E-state index contributed by atoms with van der Waals surface area (Å²) in [4.78, 5) is 44.0. The summed E-state index contributed by atoms with van der Waals surface area (Å²) >= 11 is 0. The second-order valence-electron chi connectivity index (χ2n) is 9.93. The summed E-state index contributed by atoms with van der Waals surface area (Å²) in [6, 6.07) is 11.8. The van der Waals surface area contributed by atoms with Crippen molar-refractivity contribution >= 4 is 40.1 Å². The Morgan fingerprint density at radius 3 is 2.59 bits per heavy atom. The molecule has 198 valence electrons. The molecule has 0 radical (unpaired) electrons. The van der Waals surface area contributed by atoms with Crippen molar-refractivity contribution in [2.75, 3.05) is 41.4 Å². The first-order valence-corrected chi connectivity index (χ1v) is 13.4. The molecule has 0 spiro atoms. The zero-order valence-corrected chi connectivity index (χ0v) is 21.4. The predicted octanol–water partition coefficient (Wildman–Crippen LogP) is 3.40. The molecule has 3 aliphatic rings. The van der Waals surface area contributed by atoms with E-state index in [1.807, 2.05) is 24.3 Å². The Labute approximate surface area is 224 Å². The van der Waals surface area contributed by atoms with Gasteiger partial charge in [-0.15, -0.1) is 0 Å². The average molecular weight is 525 g/mol. The molecule has 1 amide bonds. The molecule has 0 unspecified atom stereocenters. The quantitative estimate of drug-likeness (QED) is 0.406. The lowest BCUT2D eigenvalue weighted by atomic mass is 10.1. The van der Waals surface area contributed by atoms with E-state index in [9.17, 15) is 9.59 Å². The van der Waals surface area contributed by atoms with E-state index in [0.717, 1.165) is 18.8 Å². The third-order valence-electron chi connectivity index (χ3n) is 7.43. The maximum Gasteiger partial charge on any atom is 0.278 e. The highest BCUT2D eigenvalue weighted by Gasteiger charge is 2.28. The first-order valence-electron chi connectivity index (χ1n) is 13.4. The summed E-state index contributed by atoms with van der Waals surface area (Å²) in [5.74, 6) is 1.68. The summed E-state index contributed by atoms with van der Waals surface area (Å²) in [5, 5.41) is 3.66. The minimum atomic E-state index is -0.213. The summed E-state index contributed by atoms with van der Waals surface area (Å²) in [5.41, 5.74) is 2.28. The van der Waals surface area contributed by atoms with Crippen LogP contribution in [0.15, 0.2) is 59.5 Å². The molecule has 0 aliphatic carbocycles. The number of carbonyl (C=O) groups is 1. The van der Waals surface area contributed by atoms with E-state index in [1.165, 1.54) is 24.9 Å². The van der Waals surface area contributed by atoms with Gasteiger partial charge < -0.3 is 15.0 Å². The van der Waals surface area contributed by atoms with Gasteiger partial charge in [-0.2, -0.15) is 4.98 Å². The van der Waals surface area contributed by atoms with Crippen LogP contribution in [0.4, 0.5) is 23.1 Å². The number of allylic oxidation sites excluding steroid dienone is 1. The minimum absolute atomic E-state index is 0.0177. The number of hydrogen-bond donors (Lipinski definition) is 1. The number of carbonyl (C=O) groups excluding carboxylic acids is 1. The maximum atomic E-state index is 13.4. The highest BCUT2D eigenvalue weighted by Crippen LogP contribution is 2.32. The van der Waals surface area contributed by atoms with Crippen LogP contribution < -0.4 is 25.4 Å².